The number of rotatable bonds is 3. The Bertz CT molecular complexity index is 939. The molecule has 2 aromatic rings. The monoisotopic (exact) mass is 338 g/mol. The van der Waals surface area contributed by atoms with Crippen molar-refractivity contribution in [1.29, 1.82) is 0 Å². The summed E-state index contributed by atoms with van der Waals surface area (Å²) in [4.78, 5) is 27.6. The Balaban J connectivity index is 1.92. The van der Waals surface area contributed by atoms with Crippen molar-refractivity contribution in [2.24, 2.45) is 5.73 Å². The average molecular weight is 338 g/mol. The Labute approximate surface area is 132 Å². The Kier molecular flexibility index (Phi) is 4.09. The summed E-state index contributed by atoms with van der Waals surface area (Å²) in [5.41, 5.74) is 4.86. The molecule has 1 heterocycles. The Morgan fingerprint density at radius 1 is 1.09 bits per heavy atom. The Hall–Kier alpha value is -1.97. The summed E-state index contributed by atoms with van der Waals surface area (Å²) >= 11 is 0. The lowest BCUT2D eigenvalue weighted by molar-refractivity contribution is 0.373. The number of nitrogens with two attached hydrogens (primary N) is 1. The van der Waals surface area contributed by atoms with Gasteiger partial charge in [0.15, 0.2) is 0 Å². The highest BCUT2D eigenvalue weighted by Crippen LogP contribution is 2.20. The van der Waals surface area contributed by atoms with Gasteiger partial charge in [0.05, 0.1) is 15.8 Å². The minimum absolute atomic E-state index is 0.00239. The van der Waals surface area contributed by atoms with Gasteiger partial charge in [-0.2, -0.15) is 0 Å². The van der Waals surface area contributed by atoms with Crippen LogP contribution in [0, 0.1) is 0 Å². The maximum Gasteiger partial charge on any atom is 0.326 e. The first-order chi connectivity index (χ1) is 10.8. The third-order valence-electron chi connectivity index (χ3n) is 4.11. The van der Waals surface area contributed by atoms with Crippen LogP contribution in [-0.4, -0.2) is 30.5 Å². The van der Waals surface area contributed by atoms with E-state index in [1.54, 1.807) is 0 Å². The number of aromatic amines is 2. The smallest absolute Gasteiger partial charge is 0.326 e. The van der Waals surface area contributed by atoms with Crippen molar-refractivity contribution in [3.8, 4) is 0 Å². The van der Waals surface area contributed by atoms with Gasteiger partial charge >= 0.3 is 5.69 Å². The molecule has 1 aliphatic rings. The van der Waals surface area contributed by atoms with Gasteiger partial charge in [-0.1, -0.05) is 0 Å². The number of nitrogens with one attached hydrogen (secondary N) is 3. The molecule has 0 radical (unpaired) electrons. The predicted molar refractivity (Wildman–Crippen MR) is 85.7 cm³/mol. The van der Waals surface area contributed by atoms with Crippen LogP contribution in [0.15, 0.2) is 32.7 Å². The standard InChI is InChI=1S/C14H18N4O4S/c15-8-1-3-9(4-2-8)18-23(21,22)10-5-6-12-11(7-10)13(19)17-14(20)16-12/h5-9,18H,1-4,15H2,(H2,16,17,19,20). The summed E-state index contributed by atoms with van der Waals surface area (Å²) in [6.07, 6.45) is 2.96. The van der Waals surface area contributed by atoms with Crippen LogP contribution in [0.5, 0.6) is 0 Å². The summed E-state index contributed by atoms with van der Waals surface area (Å²) in [5.74, 6) is 0. The van der Waals surface area contributed by atoms with Crippen LogP contribution in [0.25, 0.3) is 10.9 Å². The molecule has 1 fully saturated rings. The van der Waals surface area contributed by atoms with Gasteiger partial charge in [0, 0.05) is 12.1 Å². The highest BCUT2D eigenvalue weighted by molar-refractivity contribution is 7.89. The van der Waals surface area contributed by atoms with Gasteiger partial charge in [-0.15, -0.1) is 0 Å². The first-order valence-corrected chi connectivity index (χ1v) is 8.88. The van der Waals surface area contributed by atoms with Gasteiger partial charge in [-0.25, -0.2) is 17.9 Å². The van der Waals surface area contributed by atoms with E-state index in [2.05, 4.69) is 14.7 Å². The first kappa shape index (κ1) is 15.9. The third-order valence-corrected chi connectivity index (χ3v) is 5.63. The van der Waals surface area contributed by atoms with E-state index >= 15 is 0 Å². The van der Waals surface area contributed by atoms with Crippen molar-refractivity contribution in [2.45, 2.75) is 42.7 Å². The normalized spacial score (nSPS) is 22.3. The van der Waals surface area contributed by atoms with Gasteiger partial charge in [0.25, 0.3) is 5.56 Å². The molecule has 9 heteroatoms. The molecule has 23 heavy (non-hydrogen) atoms. The molecule has 0 atom stereocenters. The van der Waals surface area contributed by atoms with Gasteiger partial charge < -0.3 is 10.7 Å². The minimum Gasteiger partial charge on any atom is -0.328 e. The van der Waals surface area contributed by atoms with Gasteiger partial charge in [0.2, 0.25) is 10.0 Å². The number of benzene rings is 1. The van der Waals surface area contributed by atoms with E-state index in [1.807, 2.05) is 0 Å². The van der Waals surface area contributed by atoms with Crippen molar-refractivity contribution in [2.75, 3.05) is 0 Å². The van der Waals surface area contributed by atoms with E-state index in [1.165, 1.54) is 18.2 Å². The van der Waals surface area contributed by atoms with Crippen molar-refractivity contribution in [3.05, 3.63) is 39.0 Å². The summed E-state index contributed by atoms with van der Waals surface area (Å²) in [5, 5.41) is 0.123. The second-order valence-electron chi connectivity index (χ2n) is 5.85. The fourth-order valence-corrected chi connectivity index (χ4v) is 4.17. The lowest BCUT2D eigenvalue weighted by Gasteiger charge is -2.26. The molecule has 0 saturated heterocycles. The van der Waals surface area contributed by atoms with E-state index < -0.39 is 21.3 Å². The molecule has 1 saturated carbocycles. The number of hydrogen-bond acceptors (Lipinski definition) is 5. The molecule has 0 unspecified atom stereocenters. The summed E-state index contributed by atoms with van der Waals surface area (Å²) in [6.45, 7) is 0. The molecule has 0 aliphatic heterocycles. The van der Waals surface area contributed by atoms with Crippen LogP contribution in [-0.2, 0) is 10.0 Å². The van der Waals surface area contributed by atoms with Crippen molar-refractivity contribution in [1.82, 2.24) is 14.7 Å². The number of sulfonamides is 1. The van der Waals surface area contributed by atoms with Crippen LogP contribution in [0.1, 0.15) is 25.7 Å². The van der Waals surface area contributed by atoms with Crippen LogP contribution < -0.4 is 21.7 Å². The molecule has 0 spiro atoms. The van der Waals surface area contributed by atoms with Crippen molar-refractivity contribution in [3.63, 3.8) is 0 Å². The lowest BCUT2D eigenvalue weighted by atomic mass is 9.93. The highest BCUT2D eigenvalue weighted by Gasteiger charge is 2.24. The molecule has 1 aromatic heterocycles. The second-order valence-corrected chi connectivity index (χ2v) is 7.56. The van der Waals surface area contributed by atoms with Crippen LogP contribution in [0.4, 0.5) is 0 Å². The van der Waals surface area contributed by atoms with Gasteiger partial charge in [-0.05, 0) is 43.9 Å². The zero-order valence-electron chi connectivity index (χ0n) is 12.3. The largest absolute Gasteiger partial charge is 0.328 e. The molecular formula is C14H18N4O4S. The predicted octanol–water partition coefficient (Wildman–Crippen LogP) is -0.235. The topological polar surface area (TPSA) is 138 Å². The molecule has 124 valence electrons. The molecule has 1 aromatic carbocycles. The van der Waals surface area contributed by atoms with E-state index in [-0.39, 0.29) is 22.4 Å². The number of fused-ring (bicyclic) bond motifs is 1. The fraction of sp³-hybridized carbons (Fsp3) is 0.429. The SMILES string of the molecule is NC1CCC(NS(=O)(=O)c2ccc3[nH]c(=O)[nH]c(=O)c3c2)CC1. The number of aromatic nitrogens is 2. The quantitative estimate of drug-likeness (QED) is 0.612. The van der Waals surface area contributed by atoms with Crippen molar-refractivity contribution >= 4 is 20.9 Å². The molecular weight excluding hydrogens is 320 g/mol. The van der Waals surface area contributed by atoms with E-state index in [0.717, 1.165) is 12.8 Å². The highest BCUT2D eigenvalue weighted by atomic mass is 32.2. The van der Waals surface area contributed by atoms with E-state index in [4.69, 9.17) is 5.73 Å². The molecule has 0 bridgehead atoms. The average Bonchev–Trinajstić information content (AvgIpc) is 2.49. The van der Waals surface area contributed by atoms with Gasteiger partial charge in [0.1, 0.15) is 0 Å². The Morgan fingerprint density at radius 2 is 1.78 bits per heavy atom. The maximum absolute atomic E-state index is 12.5. The third kappa shape index (κ3) is 3.36. The summed E-state index contributed by atoms with van der Waals surface area (Å²) in [7, 11) is -3.73. The van der Waals surface area contributed by atoms with Crippen LogP contribution in [0.3, 0.4) is 0 Å². The van der Waals surface area contributed by atoms with Gasteiger partial charge in [-0.3, -0.25) is 9.78 Å². The van der Waals surface area contributed by atoms with Crippen LogP contribution >= 0.6 is 0 Å². The molecule has 0 amide bonds. The summed E-state index contributed by atoms with van der Waals surface area (Å²) in [6, 6.07) is 4.03. The first-order valence-electron chi connectivity index (χ1n) is 7.39. The van der Waals surface area contributed by atoms with E-state index in [9.17, 15) is 18.0 Å². The zero-order chi connectivity index (χ0) is 16.6. The van der Waals surface area contributed by atoms with Crippen molar-refractivity contribution < 1.29 is 8.42 Å². The van der Waals surface area contributed by atoms with E-state index in [0.29, 0.717) is 18.4 Å². The molecule has 3 rings (SSSR count). The second kappa shape index (κ2) is 5.91. The number of hydrogen-bond donors (Lipinski definition) is 4. The molecule has 8 nitrogen and oxygen atoms in total. The minimum atomic E-state index is -3.73. The summed E-state index contributed by atoms with van der Waals surface area (Å²) < 4.78 is 27.6. The van der Waals surface area contributed by atoms with Crippen LogP contribution in [0.2, 0.25) is 0 Å². The molecule has 1 aliphatic carbocycles. The maximum atomic E-state index is 12.5. The fourth-order valence-electron chi connectivity index (χ4n) is 2.84. The number of H-pyrrole nitrogens is 2. The molecule has 5 N–H and O–H groups in total. The lowest BCUT2D eigenvalue weighted by Crippen LogP contribution is -2.40. The zero-order valence-corrected chi connectivity index (χ0v) is 13.2. The Morgan fingerprint density at radius 3 is 2.48 bits per heavy atom.